The van der Waals surface area contributed by atoms with Gasteiger partial charge in [0.1, 0.15) is 13.2 Å². The van der Waals surface area contributed by atoms with Gasteiger partial charge in [0.15, 0.2) is 6.10 Å². The van der Waals surface area contributed by atoms with E-state index in [0.29, 0.717) is 12.8 Å². The Labute approximate surface area is 411 Å². The number of esters is 3. The molecule has 0 rings (SSSR count). The van der Waals surface area contributed by atoms with E-state index in [0.717, 1.165) is 128 Å². The molecule has 1 unspecified atom stereocenters. The first kappa shape index (κ1) is 62.5. The summed E-state index contributed by atoms with van der Waals surface area (Å²) >= 11 is 0. The first-order chi connectivity index (χ1) is 33.0. The van der Waals surface area contributed by atoms with Crippen LogP contribution in [0.3, 0.4) is 0 Å². The van der Waals surface area contributed by atoms with Gasteiger partial charge in [-0.1, -0.05) is 212 Å². The minimum absolute atomic E-state index is 0.116. The summed E-state index contributed by atoms with van der Waals surface area (Å²) in [6.45, 7) is 6.27. The van der Waals surface area contributed by atoms with Crippen LogP contribution in [0.5, 0.6) is 0 Å². The highest BCUT2D eigenvalue weighted by molar-refractivity contribution is 5.71. The predicted molar refractivity (Wildman–Crippen MR) is 288 cm³/mol. The lowest BCUT2D eigenvalue weighted by molar-refractivity contribution is -0.166. The molecule has 0 amide bonds. The van der Waals surface area contributed by atoms with Crippen molar-refractivity contribution in [3.05, 3.63) is 134 Å². The second-order valence-electron chi connectivity index (χ2n) is 17.0. The summed E-state index contributed by atoms with van der Waals surface area (Å²) in [7, 11) is 0. The average molecular weight is 925 g/mol. The fraction of sp³-hybridized carbons (Fsp3) is 0.590. The van der Waals surface area contributed by atoms with Crippen LogP contribution in [0.15, 0.2) is 134 Å². The van der Waals surface area contributed by atoms with Crippen molar-refractivity contribution in [2.45, 2.75) is 219 Å². The molecule has 0 bridgehead atoms. The van der Waals surface area contributed by atoms with Crippen molar-refractivity contribution < 1.29 is 28.6 Å². The lowest BCUT2D eigenvalue weighted by Gasteiger charge is -2.18. The molecule has 0 aliphatic carbocycles. The fourth-order valence-electron chi connectivity index (χ4n) is 6.67. The summed E-state index contributed by atoms with van der Waals surface area (Å²) in [4.78, 5) is 38.0. The largest absolute Gasteiger partial charge is 0.462 e. The van der Waals surface area contributed by atoms with E-state index in [1.54, 1.807) is 0 Å². The number of hydrogen-bond acceptors (Lipinski definition) is 6. The van der Waals surface area contributed by atoms with E-state index in [2.05, 4.69) is 142 Å². The highest BCUT2D eigenvalue weighted by Gasteiger charge is 2.19. The minimum Gasteiger partial charge on any atom is -0.462 e. The molecule has 6 heteroatoms. The third kappa shape index (κ3) is 52.4. The summed E-state index contributed by atoms with van der Waals surface area (Å²) in [5, 5.41) is 0. The number of unbranched alkanes of at least 4 members (excludes halogenated alkanes) is 13. The molecular formula is C61H96O6. The van der Waals surface area contributed by atoms with E-state index < -0.39 is 6.10 Å². The van der Waals surface area contributed by atoms with E-state index in [9.17, 15) is 14.4 Å². The van der Waals surface area contributed by atoms with Crippen molar-refractivity contribution in [2.24, 2.45) is 0 Å². The molecule has 0 spiro atoms. The molecule has 0 radical (unpaired) electrons. The molecule has 67 heavy (non-hydrogen) atoms. The minimum atomic E-state index is -0.824. The Morgan fingerprint density at radius 2 is 0.612 bits per heavy atom. The second-order valence-corrected chi connectivity index (χ2v) is 17.0. The number of allylic oxidation sites excluding steroid dienone is 22. The molecule has 0 fully saturated rings. The van der Waals surface area contributed by atoms with Crippen molar-refractivity contribution >= 4 is 17.9 Å². The Bertz CT molecular complexity index is 1480. The second kappa shape index (κ2) is 54.2. The lowest BCUT2D eigenvalue weighted by Crippen LogP contribution is -2.30. The van der Waals surface area contributed by atoms with Crippen LogP contribution in [0.4, 0.5) is 0 Å². The third-order valence-corrected chi connectivity index (χ3v) is 10.6. The zero-order chi connectivity index (χ0) is 48.6. The van der Waals surface area contributed by atoms with Crippen molar-refractivity contribution in [1.82, 2.24) is 0 Å². The van der Waals surface area contributed by atoms with Gasteiger partial charge in [0.25, 0.3) is 0 Å². The molecule has 6 nitrogen and oxygen atoms in total. The lowest BCUT2D eigenvalue weighted by atomic mass is 10.1. The summed E-state index contributed by atoms with van der Waals surface area (Å²) in [6.07, 6.45) is 75.9. The quantitative estimate of drug-likeness (QED) is 0.0262. The maximum atomic E-state index is 12.8. The van der Waals surface area contributed by atoms with Gasteiger partial charge >= 0.3 is 17.9 Å². The standard InChI is InChI=1S/C61H96O6/c1-4-7-10-13-16-19-22-24-26-28-30-32-34-36-39-42-45-48-51-54-60(63)66-57-58(56-65-59(62)53-50-47-44-41-38-21-18-15-12-9-6-3)67-61(64)55-52-49-46-43-40-37-35-33-31-29-27-25-23-20-17-14-11-8-5-2/h7-8,10-11,15-20,24-27,30-33,36,39,45,48,58H,4-6,9,12-14,21-23,28-29,34-35,37-38,40-44,46-47,49-57H2,1-3H3/b10-7-,11-8-,18-15-,19-16-,20-17-,26-24-,27-25-,32-30-,33-31-,39-36-,48-45-. The smallest absolute Gasteiger partial charge is 0.306 e. The molecular weight excluding hydrogens is 829 g/mol. The van der Waals surface area contributed by atoms with Crippen LogP contribution >= 0.6 is 0 Å². The fourth-order valence-corrected chi connectivity index (χ4v) is 6.67. The molecule has 0 aliphatic rings. The van der Waals surface area contributed by atoms with E-state index in [4.69, 9.17) is 14.2 Å². The summed E-state index contributed by atoms with van der Waals surface area (Å²) in [5.74, 6) is -1.04. The molecule has 1 atom stereocenters. The van der Waals surface area contributed by atoms with Crippen molar-refractivity contribution in [2.75, 3.05) is 13.2 Å². The van der Waals surface area contributed by atoms with Gasteiger partial charge in [-0.15, -0.1) is 0 Å². The van der Waals surface area contributed by atoms with E-state index in [-0.39, 0.29) is 44.0 Å². The Hall–Kier alpha value is -4.45. The highest BCUT2D eigenvalue weighted by atomic mass is 16.6. The van der Waals surface area contributed by atoms with Gasteiger partial charge in [-0.2, -0.15) is 0 Å². The van der Waals surface area contributed by atoms with Crippen molar-refractivity contribution in [3.63, 3.8) is 0 Å². The number of carbonyl (C=O) groups is 3. The topological polar surface area (TPSA) is 78.9 Å². The molecule has 0 aromatic rings. The van der Waals surface area contributed by atoms with Gasteiger partial charge in [-0.3, -0.25) is 14.4 Å². The Morgan fingerprint density at radius 3 is 1.01 bits per heavy atom. The maximum Gasteiger partial charge on any atom is 0.306 e. The zero-order valence-electron chi connectivity index (χ0n) is 42.9. The van der Waals surface area contributed by atoms with Gasteiger partial charge in [0.05, 0.1) is 0 Å². The highest BCUT2D eigenvalue weighted by Crippen LogP contribution is 2.13. The number of rotatable bonds is 46. The molecule has 0 aromatic carbocycles. The normalized spacial score (nSPS) is 13.2. The Balaban J connectivity index is 4.53. The monoisotopic (exact) mass is 925 g/mol. The number of hydrogen-bond donors (Lipinski definition) is 0. The molecule has 376 valence electrons. The molecule has 0 N–H and O–H groups in total. The van der Waals surface area contributed by atoms with Crippen LogP contribution in [-0.4, -0.2) is 37.2 Å². The van der Waals surface area contributed by atoms with Crippen LogP contribution < -0.4 is 0 Å². The van der Waals surface area contributed by atoms with E-state index in [1.807, 2.05) is 12.2 Å². The Morgan fingerprint density at radius 1 is 0.313 bits per heavy atom. The van der Waals surface area contributed by atoms with Crippen molar-refractivity contribution in [1.29, 1.82) is 0 Å². The first-order valence-electron chi connectivity index (χ1n) is 26.7. The van der Waals surface area contributed by atoms with Crippen LogP contribution in [0, 0.1) is 0 Å². The molecule has 0 saturated carbocycles. The first-order valence-corrected chi connectivity index (χ1v) is 26.7. The number of ether oxygens (including phenoxy) is 3. The maximum absolute atomic E-state index is 12.8. The van der Waals surface area contributed by atoms with Crippen molar-refractivity contribution in [3.8, 4) is 0 Å². The Kier molecular flexibility index (Phi) is 50.6. The molecule has 0 saturated heterocycles. The molecule has 0 aromatic heterocycles. The summed E-state index contributed by atoms with van der Waals surface area (Å²) in [6, 6.07) is 0. The van der Waals surface area contributed by atoms with Crippen LogP contribution in [0.25, 0.3) is 0 Å². The van der Waals surface area contributed by atoms with Crippen LogP contribution in [0.1, 0.15) is 213 Å². The molecule has 0 aliphatic heterocycles. The number of carbonyl (C=O) groups excluding carboxylic acids is 3. The van der Waals surface area contributed by atoms with Gasteiger partial charge in [0.2, 0.25) is 0 Å². The predicted octanol–water partition coefficient (Wildman–Crippen LogP) is 17.9. The van der Waals surface area contributed by atoms with Crippen LogP contribution in [0.2, 0.25) is 0 Å². The van der Waals surface area contributed by atoms with Gasteiger partial charge < -0.3 is 14.2 Å². The zero-order valence-corrected chi connectivity index (χ0v) is 42.9. The summed E-state index contributed by atoms with van der Waals surface area (Å²) < 4.78 is 16.7. The van der Waals surface area contributed by atoms with Gasteiger partial charge in [0, 0.05) is 19.3 Å². The van der Waals surface area contributed by atoms with E-state index in [1.165, 1.54) is 38.5 Å². The van der Waals surface area contributed by atoms with Gasteiger partial charge in [-0.25, -0.2) is 0 Å². The molecule has 0 heterocycles. The SMILES string of the molecule is CC/C=C\C/C=C\C/C=C\C/C=C\C/C=C\C/C=C\CCC(=O)OCC(COC(=O)CCCCCCC/C=C\CCCC)OC(=O)CCCCCCCC/C=C\C/C=C\C/C=C\C/C=C\CC. The summed E-state index contributed by atoms with van der Waals surface area (Å²) in [5.41, 5.74) is 0. The van der Waals surface area contributed by atoms with Crippen LogP contribution in [-0.2, 0) is 28.6 Å². The van der Waals surface area contributed by atoms with E-state index >= 15 is 0 Å². The third-order valence-electron chi connectivity index (χ3n) is 10.6. The van der Waals surface area contributed by atoms with Gasteiger partial charge in [-0.05, 0) is 116 Å². The average Bonchev–Trinajstić information content (AvgIpc) is 3.33.